The molecule has 4 heteroatoms. The lowest BCUT2D eigenvalue weighted by Crippen LogP contribution is -2.03. The Labute approximate surface area is 123 Å². The molecule has 1 rings (SSSR count). The van der Waals surface area contributed by atoms with Crippen molar-refractivity contribution in [3.63, 3.8) is 0 Å². The van der Waals surface area contributed by atoms with Gasteiger partial charge in [0.1, 0.15) is 4.90 Å². The SMILES string of the molecule is CCCCCCCCCCc1ccc[c]c1S(=O)(=O)O. The van der Waals surface area contributed by atoms with Gasteiger partial charge < -0.3 is 0 Å². The fourth-order valence-corrected chi connectivity index (χ4v) is 3.06. The molecule has 0 saturated carbocycles. The van der Waals surface area contributed by atoms with Gasteiger partial charge in [0.25, 0.3) is 10.1 Å². The van der Waals surface area contributed by atoms with Crippen LogP contribution in [-0.4, -0.2) is 13.0 Å². The third-order valence-electron chi connectivity index (χ3n) is 3.46. The maximum Gasteiger partial charge on any atom is 0.295 e. The number of unbranched alkanes of at least 4 members (excludes halogenated alkanes) is 7. The Morgan fingerprint density at radius 1 is 1.05 bits per heavy atom. The van der Waals surface area contributed by atoms with Crippen LogP contribution >= 0.6 is 0 Å². The van der Waals surface area contributed by atoms with Crippen molar-refractivity contribution in [2.75, 3.05) is 0 Å². The average molecular weight is 297 g/mol. The topological polar surface area (TPSA) is 54.4 Å². The molecule has 1 radical (unpaired) electrons. The molecular weight excluding hydrogens is 272 g/mol. The summed E-state index contributed by atoms with van der Waals surface area (Å²) >= 11 is 0. The van der Waals surface area contributed by atoms with E-state index in [0.717, 1.165) is 12.8 Å². The van der Waals surface area contributed by atoms with E-state index in [9.17, 15) is 8.42 Å². The van der Waals surface area contributed by atoms with E-state index in [1.807, 2.05) is 0 Å². The smallest absolute Gasteiger partial charge is 0.282 e. The molecule has 0 bridgehead atoms. The Hall–Kier alpha value is -0.870. The first-order valence-electron chi connectivity index (χ1n) is 7.52. The predicted octanol–water partition coefficient (Wildman–Crippen LogP) is 4.42. The number of aryl methyl sites for hydroxylation is 1. The van der Waals surface area contributed by atoms with E-state index in [1.165, 1.54) is 44.6 Å². The quantitative estimate of drug-likeness (QED) is 0.514. The fraction of sp³-hybridized carbons (Fsp3) is 0.625. The monoisotopic (exact) mass is 297 g/mol. The van der Waals surface area contributed by atoms with Crippen molar-refractivity contribution in [1.82, 2.24) is 0 Å². The van der Waals surface area contributed by atoms with E-state index in [1.54, 1.807) is 12.1 Å². The minimum atomic E-state index is -4.15. The molecular formula is C16H25O3S. The van der Waals surface area contributed by atoms with Crippen molar-refractivity contribution >= 4 is 10.1 Å². The van der Waals surface area contributed by atoms with Gasteiger partial charge in [-0.05, 0) is 18.4 Å². The molecule has 0 amide bonds. The van der Waals surface area contributed by atoms with Crippen LogP contribution in [0.2, 0.25) is 0 Å². The molecule has 3 nitrogen and oxygen atoms in total. The summed E-state index contributed by atoms with van der Waals surface area (Å²) in [4.78, 5) is -0.0667. The van der Waals surface area contributed by atoms with Crippen LogP contribution in [0.1, 0.15) is 63.9 Å². The zero-order chi connectivity index (χ0) is 14.8. The molecule has 113 valence electrons. The van der Waals surface area contributed by atoms with Gasteiger partial charge >= 0.3 is 0 Å². The summed E-state index contributed by atoms with van der Waals surface area (Å²) in [5, 5.41) is 0. The van der Waals surface area contributed by atoms with E-state index in [-0.39, 0.29) is 4.90 Å². The highest BCUT2D eigenvalue weighted by Gasteiger charge is 2.14. The molecule has 20 heavy (non-hydrogen) atoms. The van der Waals surface area contributed by atoms with Gasteiger partial charge in [-0.15, -0.1) is 0 Å². The lowest BCUT2D eigenvalue weighted by atomic mass is 10.0. The Balaban J connectivity index is 2.29. The first-order chi connectivity index (χ1) is 9.55. The van der Waals surface area contributed by atoms with Crippen LogP contribution in [0.25, 0.3) is 0 Å². The third-order valence-corrected chi connectivity index (χ3v) is 4.35. The van der Waals surface area contributed by atoms with E-state index in [2.05, 4.69) is 13.0 Å². The van der Waals surface area contributed by atoms with Crippen molar-refractivity contribution in [3.05, 3.63) is 29.8 Å². The Bertz CT molecular complexity index is 480. The van der Waals surface area contributed by atoms with Crippen LogP contribution in [0, 0.1) is 6.07 Å². The molecule has 1 N–H and O–H groups in total. The molecule has 0 spiro atoms. The van der Waals surface area contributed by atoms with Crippen LogP contribution in [0.5, 0.6) is 0 Å². The average Bonchev–Trinajstić information content (AvgIpc) is 2.41. The van der Waals surface area contributed by atoms with E-state index < -0.39 is 10.1 Å². The summed E-state index contributed by atoms with van der Waals surface area (Å²) in [5.41, 5.74) is 0.668. The fourth-order valence-electron chi connectivity index (χ4n) is 2.34. The summed E-state index contributed by atoms with van der Waals surface area (Å²) < 4.78 is 31.6. The van der Waals surface area contributed by atoms with Gasteiger partial charge in [-0.2, -0.15) is 8.42 Å². The first-order valence-corrected chi connectivity index (χ1v) is 8.96. The second-order valence-corrected chi connectivity index (χ2v) is 6.58. The first kappa shape index (κ1) is 17.2. The zero-order valence-electron chi connectivity index (χ0n) is 12.3. The Kier molecular flexibility index (Phi) is 7.85. The molecule has 0 saturated heterocycles. The Morgan fingerprint density at radius 2 is 1.65 bits per heavy atom. The lowest BCUT2D eigenvalue weighted by molar-refractivity contribution is 0.481. The van der Waals surface area contributed by atoms with E-state index in [4.69, 9.17) is 4.55 Å². The van der Waals surface area contributed by atoms with E-state index in [0.29, 0.717) is 12.0 Å². The summed E-state index contributed by atoms with van der Waals surface area (Å²) in [7, 11) is -4.15. The van der Waals surface area contributed by atoms with Gasteiger partial charge in [0.2, 0.25) is 0 Å². The number of benzene rings is 1. The second-order valence-electron chi connectivity index (χ2n) is 5.22. The maximum atomic E-state index is 11.2. The van der Waals surface area contributed by atoms with Gasteiger partial charge in [0, 0.05) is 6.07 Å². The number of hydrogen-bond acceptors (Lipinski definition) is 2. The molecule has 0 heterocycles. The highest BCUT2D eigenvalue weighted by atomic mass is 32.2. The molecule has 1 aromatic rings. The molecule has 0 atom stereocenters. The molecule has 1 aromatic carbocycles. The number of rotatable bonds is 10. The summed E-state index contributed by atoms with van der Waals surface area (Å²) in [6, 6.07) is 7.64. The highest BCUT2D eigenvalue weighted by molar-refractivity contribution is 7.85. The standard InChI is InChI=1S/C16H25O3S/c1-2-3-4-5-6-7-8-9-12-15-13-10-11-14-16(15)20(17,18)19/h10-11,13H,2-9,12H2,1H3,(H,17,18,19). The molecule has 0 unspecified atom stereocenters. The van der Waals surface area contributed by atoms with E-state index >= 15 is 0 Å². The van der Waals surface area contributed by atoms with Crippen molar-refractivity contribution in [2.24, 2.45) is 0 Å². The molecule has 0 aliphatic carbocycles. The molecule has 0 aromatic heterocycles. The van der Waals surface area contributed by atoms with Crippen LogP contribution in [0.4, 0.5) is 0 Å². The Morgan fingerprint density at radius 3 is 2.25 bits per heavy atom. The zero-order valence-corrected chi connectivity index (χ0v) is 13.1. The normalized spacial score (nSPS) is 11.7. The summed E-state index contributed by atoms with van der Waals surface area (Å²) in [5.74, 6) is 0. The summed E-state index contributed by atoms with van der Waals surface area (Å²) in [6.07, 6.45) is 10.4. The summed E-state index contributed by atoms with van der Waals surface area (Å²) in [6.45, 7) is 2.21. The molecule has 0 aliphatic rings. The lowest BCUT2D eigenvalue weighted by Gasteiger charge is -2.06. The minimum absolute atomic E-state index is 0.0667. The van der Waals surface area contributed by atoms with Crippen molar-refractivity contribution < 1.29 is 13.0 Å². The largest absolute Gasteiger partial charge is 0.295 e. The second kappa shape index (κ2) is 9.14. The van der Waals surface area contributed by atoms with Crippen molar-refractivity contribution in [3.8, 4) is 0 Å². The van der Waals surface area contributed by atoms with Gasteiger partial charge in [0.05, 0.1) is 0 Å². The van der Waals surface area contributed by atoms with Gasteiger partial charge in [-0.25, -0.2) is 0 Å². The van der Waals surface area contributed by atoms with Crippen molar-refractivity contribution in [2.45, 2.75) is 69.6 Å². The van der Waals surface area contributed by atoms with Gasteiger partial charge in [-0.3, -0.25) is 4.55 Å². The third kappa shape index (κ3) is 6.53. The minimum Gasteiger partial charge on any atom is -0.282 e. The maximum absolute atomic E-state index is 11.2. The van der Waals surface area contributed by atoms with Crippen LogP contribution in [0.15, 0.2) is 23.1 Å². The number of hydrogen-bond donors (Lipinski definition) is 1. The van der Waals surface area contributed by atoms with Crippen molar-refractivity contribution in [1.29, 1.82) is 0 Å². The van der Waals surface area contributed by atoms with Gasteiger partial charge in [0.15, 0.2) is 0 Å². The van der Waals surface area contributed by atoms with Crippen LogP contribution in [-0.2, 0) is 16.5 Å². The molecule has 0 fully saturated rings. The predicted molar refractivity (Wildman–Crippen MR) is 81.4 cm³/mol. The van der Waals surface area contributed by atoms with Crippen LogP contribution in [0.3, 0.4) is 0 Å². The molecule has 0 aliphatic heterocycles. The van der Waals surface area contributed by atoms with Gasteiger partial charge in [-0.1, -0.05) is 70.1 Å². The highest BCUT2D eigenvalue weighted by Crippen LogP contribution is 2.18. The van der Waals surface area contributed by atoms with Crippen LogP contribution < -0.4 is 0 Å².